The average molecular weight is 287 g/mol. The molecule has 0 aliphatic carbocycles. The van der Waals surface area contributed by atoms with Crippen LogP contribution in [-0.2, 0) is 6.42 Å². The highest BCUT2D eigenvalue weighted by Gasteiger charge is 2.37. The van der Waals surface area contributed by atoms with Gasteiger partial charge in [0.1, 0.15) is 5.75 Å². The molecule has 1 fully saturated rings. The van der Waals surface area contributed by atoms with Gasteiger partial charge in [0.2, 0.25) is 0 Å². The summed E-state index contributed by atoms with van der Waals surface area (Å²) < 4.78 is 5.35. The summed E-state index contributed by atoms with van der Waals surface area (Å²) in [5.74, 6) is 1.94. The fraction of sp³-hybridized carbons (Fsp3) is 0.571. The Labute approximate surface area is 118 Å². The predicted molar refractivity (Wildman–Crippen MR) is 77.8 cm³/mol. The molecule has 0 saturated carbocycles. The van der Waals surface area contributed by atoms with Crippen LogP contribution in [0.5, 0.6) is 5.75 Å². The van der Waals surface area contributed by atoms with Crippen LogP contribution in [0.4, 0.5) is 0 Å². The lowest BCUT2D eigenvalue weighted by atomic mass is 9.86. The zero-order valence-corrected chi connectivity index (χ0v) is 12.4. The van der Waals surface area contributed by atoms with E-state index in [0.29, 0.717) is 11.4 Å². The fourth-order valence-electron chi connectivity index (χ4n) is 2.44. The number of ether oxygens (including phenoxy) is 1. The van der Waals surface area contributed by atoms with Crippen molar-refractivity contribution < 1.29 is 9.84 Å². The highest BCUT2D eigenvalue weighted by Crippen LogP contribution is 2.38. The van der Waals surface area contributed by atoms with Crippen molar-refractivity contribution in [2.75, 3.05) is 12.9 Å². The maximum atomic E-state index is 10.8. The normalized spacial score (nSPS) is 28.1. The monoisotopic (exact) mass is 286 g/mol. The molecule has 0 radical (unpaired) electrons. The molecule has 4 heteroatoms. The summed E-state index contributed by atoms with van der Waals surface area (Å²) in [6, 6.07) is 5.57. The lowest BCUT2D eigenvalue weighted by Crippen LogP contribution is -2.43. The lowest BCUT2D eigenvalue weighted by molar-refractivity contribution is 0.0292. The summed E-state index contributed by atoms with van der Waals surface area (Å²) in [7, 11) is 1.65. The van der Waals surface area contributed by atoms with E-state index in [1.54, 1.807) is 7.11 Å². The maximum Gasteiger partial charge on any atom is 0.122 e. The molecular formula is C14H19ClO2S. The smallest absolute Gasteiger partial charge is 0.122 e. The van der Waals surface area contributed by atoms with Crippen LogP contribution >= 0.6 is 23.4 Å². The fourth-order valence-corrected chi connectivity index (χ4v) is 3.81. The van der Waals surface area contributed by atoms with Gasteiger partial charge < -0.3 is 9.84 Å². The van der Waals surface area contributed by atoms with Crippen molar-refractivity contribution >= 4 is 23.4 Å². The minimum absolute atomic E-state index is 0.245. The first-order chi connectivity index (χ1) is 8.55. The zero-order chi connectivity index (χ0) is 13.2. The Hall–Kier alpha value is -0.380. The highest BCUT2D eigenvalue weighted by atomic mass is 35.5. The minimum Gasteiger partial charge on any atom is -0.496 e. The van der Waals surface area contributed by atoms with Crippen molar-refractivity contribution in [2.45, 2.75) is 37.0 Å². The van der Waals surface area contributed by atoms with Gasteiger partial charge in [-0.05, 0) is 42.4 Å². The summed E-state index contributed by atoms with van der Waals surface area (Å²) in [6.07, 6.45) is 2.51. The highest BCUT2D eigenvalue weighted by molar-refractivity contribution is 8.00. The van der Waals surface area contributed by atoms with E-state index in [2.05, 4.69) is 6.92 Å². The third-order valence-corrected chi connectivity index (χ3v) is 5.32. The van der Waals surface area contributed by atoms with E-state index in [0.717, 1.165) is 29.9 Å². The molecule has 2 rings (SSSR count). The molecule has 2 unspecified atom stereocenters. The van der Waals surface area contributed by atoms with Crippen LogP contribution < -0.4 is 4.74 Å². The molecule has 0 bridgehead atoms. The van der Waals surface area contributed by atoms with Crippen molar-refractivity contribution in [3.63, 3.8) is 0 Å². The van der Waals surface area contributed by atoms with Crippen molar-refractivity contribution in [3.05, 3.63) is 28.8 Å². The molecule has 0 amide bonds. The maximum absolute atomic E-state index is 10.8. The molecule has 1 saturated heterocycles. The molecule has 1 aliphatic rings. The molecule has 2 atom stereocenters. The average Bonchev–Trinajstić information content (AvgIpc) is 2.33. The van der Waals surface area contributed by atoms with Gasteiger partial charge in [0.15, 0.2) is 0 Å². The van der Waals surface area contributed by atoms with E-state index in [1.807, 2.05) is 30.0 Å². The summed E-state index contributed by atoms with van der Waals surface area (Å²) in [5, 5.41) is 11.7. The number of hydrogen-bond donors (Lipinski definition) is 1. The van der Waals surface area contributed by atoms with Crippen molar-refractivity contribution in [2.24, 2.45) is 0 Å². The number of hydrogen-bond acceptors (Lipinski definition) is 3. The molecule has 18 heavy (non-hydrogen) atoms. The van der Waals surface area contributed by atoms with Gasteiger partial charge in [-0.2, -0.15) is 11.8 Å². The first kappa shape index (κ1) is 14.0. The Bertz CT molecular complexity index is 424. The molecule has 1 aromatic carbocycles. The van der Waals surface area contributed by atoms with Crippen LogP contribution in [0, 0.1) is 0 Å². The molecule has 1 heterocycles. The van der Waals surface area contributed by atoms with Gasteiger partial charge in [0, 0.05) is 16.7 Å². The van der Waals surface area contributed by atoms with Crippen LogP contribution in [0.2, 0.25) is 5.02 Å². The summed E-state index contributed by atoms with van der Waals surface area (Å²) in [5.41, 5.74) is 0.336. The number of benzene rings is 1. The van der Waals surface area contributed by atoms with Crippen molar-refractivity contribution in [1.82, 2.24) is 0 Å². The zero-order valence-electron chi connectivity index (χ0n) is 10.8. The van der Waals surface area contributed by atoms with E-state index in [9.17, 15) is 5.11 Å². The van der Waals surface area contributed by atoms with E-state index in [-0.39, 0.29) is 5.25 Å². The third-order valence-electron chi connectivity index (χ3n) is 3.62. The first-order valence-electron chi connectivity index (χ1n) is 6.21. The SMILES string of the molecule is COc1ccc(Cl)cc1CC1(O)CCCSC1C. The van der Waals surface area contributed by atoms with Gasteiger partial charge in [-0.3, -0.25) is 0 Å². The quantitative estimate of drug-likeness (QED) is 0.922. The van der Waals surface area contributed by atoms with Gasteiger partial charge in [0.25, 0.3) is 0 Å². The Balaban J connectivity index is 2.24. The van der Waals surface area contributed by atoms with Crippen LogP contribution in [-0.4, -0.2) is 28.8 Å². The first-order valence-corrected chi connectivity index (χ1v) is 7.64. The van der Waals surface area contributed by atoms with Crippen LogP contribution in [0.25, 0.3) is 0 Å². The Morgan fingerprint density at radius 3 is 3.00 bits per heavy atom. The third kappa shape index (κ3) is 2.95. The second kappa shape index (κ2) is 5.72. The number of halogens is 1. The van der Waals surface area contributed by atoms with E-state index < -0.39 is 5.60 Å². The molecule has 2 nitrogen and oxygen atoms in total. The van der Waals surface area contributed by atoms with E-state index >= 15 is 0 Å². The molecule has 0 spiro atoms. The summed E-state index contributed by atoms with van der Waals surface area (Å²) in [6.45, 7) is 2.10. The lowest BCUT2D eigenvalue weighted by Gasteiger charge is -2.38. The topological polar surface area (TPSA) is 29.5 Å². The summed E-state index contributed by atoms with van der Waals surface area (Å²) in [4.78, 5) is 0. The number of aliphatic hydroxyl groups is 1. The molecule has 100 valence electrons. The largest absolute Gasteiger partial charge is 0.496 e. The van der Waals surface area contributed by atoms with E-state index in [1.165, 1.54) is 0 Å². The van der Waals surface area contributed by atoms with E-state index in [4.69, 9.17) is 16.3 Å². The minimum atomic E-state index is -0.652. The van der Waals surface area contributed by atoms with Crippen LogP contribution in [0.3, 0.4) is 0 Å². The van der Waals surface area contributed by atoms with Gasteiger partial charge in [-0.15, -0.1) is 0 Å². The number of methoxy groups -OCH3 is 1. The predicted octanol–water partition coefficient (Wildman–Crippen LogP) is 3.54. The molecular weight excluding hydrogens is 268 g/mol. The number of thioether (sulfide) groups is 1. The van der Waals surface area contributed by atoms with Crippen LogP contribution in [0.1, 0.15) is 25.3 Å². The summed E-state index contributed by atoms with van der Waals surface area (Å²) >= 11 is 7.87. The van der Waals surface area contributed by atoms with Gasteiger partial charge in [-0.1, -0.05) is 18.5 Å². The Kier molecular flexibility index (Phi) is 4.46. The van der Waals surface area contributed by atoms with Crippen LogP contribution in [0.15, 0.2) is 18.2 Å². The van der Waals surface area contributed by atoms with Gasteiger partial charge in [0.05, 0.1) is 12.7 Å². The standard InChI is InChI=1S/C14H19ClO2S/c1-10-14(16,6-3-7-18-10)9-11-8-12(15)4-5-13(11)17-2/h4-5,8,10,16H,3,6-7,9H2,1-2H3. The molecule has 1 N–H and O–H groups in total. The molecule has 1 aromatic rings. The van der Waals surface area contributed by atoms with Crippen molar-refractivity contribution in [3.8, 4) is 5.75 Å². The second-order valence-corrected chi connectivity index (χ2v) is 6.74. The Morgan fingerprint density at radius 1 is 1.56 bits per heavy atom. The van der Waals surface area contributed by atoms with Gasteiger partial charge >= 0.3 is 0 Å². The molecule has 1 aliphatic heterocycles. The number of rotatable bonds is 3. The van der Waals surface area contributed by atoms with Gasteiger partial charge in [-0.25, -0.2) is 0 Å². The van der Waals surface area contributed by atoms with Crippen molar-refractivity contribution in [1.29, 1.82) is 0 Å². The Morgan fingerprint density at radius 2 is 2.33 bits per heavy atom. The second-order valence-electron chi connectivity index (χ2n) is 4.85. The molecule has 0 aromatic heterocycles.